The lowest BCUT2D eigenvalue weighted by Crippen LogP contribution is -2.16. The molecule has 104 valence electrons. The average Bonchev–Trinajstić information content (AvgIpc) is 2.41. The van der Waals surface area contributed by atoms with Gasteiger partial charge in [0, 0.05) is 10.8 Å². The monoisotopic (exact) mass is 306 g/mol. The highest BCUT2D eigenvalue weighted by Crippen LogP contribution is 2.26. The third-order valence-electron chi connectivity index (χ3n) is 2.98. The zero-order chi connectivity index (χ0) is 14.7. The summed E-state index contributed by atoms with van der Waals surface area (Å²) in [6, 6.07) is 7.65. The average molecular weight is 307 g/mol. The van der Waals surface area contributed by atoms with Crippen molar-refractivity contribution in [1.82, 2.24) is 10.2 Å². The van der Waals surface area contributed by atoms with E-state index in [-0.39, 0.29) is 5.84 Å². The first-order valence-electron chi connectivity index (χ1n) is 6.04. The fraction of sp³-hybridized carbons (Fsp3) is 0.214. The van der Waals surface area contributed by atoms with Crippen LogP contribution in [0.3, 0.4) is 0 Å². The summed E-state index contributed by atoms with van der Waals surface area (Å²) in [6.07, 6.45) is 0. The van der Waals surface area contributed by atoms with Crippen molar-refractivity contribution >= 4 is 29.2 Å². The van der Waals surface area contributed by atoms with Gasteiger partial charge in [-0.05, 0) is 37.1 Å². The number of benzene rings is 1. The van der Waals surface area contributed by atoms with Gasteiger partial charge in [-0.2, -0.15) is 5.10 Å². The number of rotatable bonds is 4. The lowest BCUT2D eigenvalue weighted by molar-refractivity contribution is 0.872. The van der Waals surface area contributed by atoms with E-state index in [1.54, 1.807) is 0 Å². The van der Waals surface area contributed by atoms with Crippen LogP contribution in [0.2, 0.25) is 5.02 Å². The van der Waals surface area contributed by atoms with Crippen LogP contribution in [0.25, 0.3) is 0 Å². The Balaban J connectivity index is 2.23. The molecule has 1 aromatic heterocycles. The molecule has 3 N–H and O–H groups in total. The van der Waals surface area contributed by atoms with E-state index in [4.69, 9.17) is 22.7 Å². The Morgan fingerprint density at radius 1 is 1.25 bits per heavy atom. The predicted molar refractivity (Wildman–Crippen MR) is 83.5 cm³/mol. The molecule has 0 saturated heterocycles. The zero-order valence-corrected chi connectivity index (χ0v) is 12.8. The van der Waals surface area contributed by atoms with Crippen LogP contribution < -0.4 is 5.73 Å². The molecule has 2 rings (SSSR count). The maximum Gasteiger partial charge on any atom is 0.130 e. The Bertz CT molecular complexity index is 640. The Morgan fingerprint density at radius 2 is 1.90 bits per heavy atom. The van der Waals surface area contributed by atoms with Crippen molar-refractivity contribution in [1.29, 1.82) is 5.41 Å². The first-order valence-corrected chi connectivity index (χ1v) is 7.41. The number of nitrogens with zero attached hydrogens (tertiary/aromatic N) is 2. The van der Waals surface area contributed by atoms with E-state index in [9.17, 15) is 0 Å². The Hall–Kier alpha value is -1.59. The summed E-state index contributed by atoms with van der Waals surface area (Å²) in [7, 11) is 0. The van der Waals surface area contributed by atoms with Crippen molar-refractivity contribution in [2.24, 2.45) is 5.73 Å². The fourth-order valence-corrected chi connectivity index (χ4v) is 2.87. The lowest BCUT2D eigenvalue weighted by Gasteiger charge is -2.11. The molecule has 0 atom stereocenters. The highest BCUT2D eigenvalue weighted by atomic mass is 35.5. The molecule has 2 aromatic rings. The largest absolute Gasteiger partial charge is 0.384 e. The van der Waals surface area contributed by atoms with Gasteiger partial charge in [0.05, 0.1) is 11.3 Å². The Morgan fingerprint density at radius 3 is 2.50 bits per heavy atom. The summed E-state index contributed by atoms with van der Waals surface area (Å²) in [5, 5.41) is 17.4. The minimum atomic E-state index is 0.0270. The third-order valence-corrected chi connectivity index (χ3v) is 4.27. The molecule has 0 radical (unpaired) electrons. The first kappa shape index (κ1) is 14.8. The molecule has 0 bridgehead atoms. The van der Waals surface area contributed by atoms with Crippen LogP contribution in [0.1, 0.15) is 22.4 Å². The van der Waals surface area contributed by atoms with E-state index in [0.29, 0.717) is 15.6 Å². The number of thioether (sulfide) groups is 1. The van der Waals surface area contributed by atoms with Crippen molar-refractivity contribution in [3.8, 4) is 0 Å². The van der Waals surface area contributed by atoms with Crippen LogP contribution >= 0.6 is 23.4 Å². The summed E-state index contributed by atoms with van der Waals surface area (Å²) in [5.41, 5.74) is 9.17. The number of halogens is 1. The maximum atomic E-state index is 7.70. The van der Waals surface area contributed by atoms with Crippen LogP contribution in [0.5, 0.6) is 0 Å². The second kappa shape index (κ2) is 6.24. The quantitative estimate of drug-likeness (QED) is 0.516. The van der Waals surface area contributed by atoms with Gasteiger partial charge >= 0.3 is 0 Å². The van der Waals surface area contributed by atoms with Crippen LogP contribution in [0.4, 0.5) is 0 Å². The van der Waals surface area contributed by atoms with E-state index in [0.717, 1.165) is 22.6 Å². The number of nitrogens with one attached hydrogen (secondary N) is 1. The van der Waals surface area contributed by atoms with Gasteiger partial charge < -0.3 is 5.73 Å². The second-order valence-corrected chi connectivity index (χ2v) is 5.82. The molecule has 0 spiro atoms. The highest BCUT2D eigenvalue weighted by molar-refractivity contribution is 7.98. The van der Waals surface area contributed by atoms with Gasteiger partial charge in [0.15, 0.2) is 0 Å². The standard InChI is InChI=1S/C14H15ClN4S/c1-8-9(2)18-19-14(12(8)13(16)17)20-7-10-3-5-11(15)6-4-10/h3-6H,7H2,1-2H3,(H3,16,17). The van der Waals surface area contributed by atoms with Gasteiger partial charge in [-0.15, -0.1) is 5.10 Å². The summed E-state index contributed by atoms with van der Waals surface area (Å²) in [4.78, 5) is 0. The summed E-state index contributed by atoms with van der Waals surface area (Å²) in [6.45, 7) is 3.77. The van der Waals surface area contributed by atoms with Crippen molar-refractivity contribution < 1.29 is 0 Å². The van der Waals surface area contributed by atoms with Crippen LogP contribution in [-0.4, -0.2) is 16.0 Å². The lowest BCUT2D eigenvalue weighted by atomic mass is 10.1. The van der Waals surface area contributed by atoms with Crippen LogP contribution in [0.15, 0.2) is 29.3 Å². The maximum absolute atomic E-state index is 7.70. The fourth-order valence-electron chi connectivity index (χ4n) is 1.74. The van der Waals surface area contributed by atoms with Gasteiger partial charge in [0.1, 0.15) is 10.9 Å². The van der Waals surface area contributed by atoms with Crippen molar-refractivity contribution in [3.05, 3.63) is 51.7 Å². The number of nitrogens with two attached hydrogens (primary N) is 1. The minimum Gasteiger partial charge on any atom is -0.384 e. The summed E-state index contributed by atoms with van der Waals surface area (Å²) >= 11 is 7.38. The molecule has 0 fully saturated rings. The number of aryl methyl sites for hydroxylation is 1. The van der Waals surface area contributed by atoms with Gasteiger partial charge in [-0.25, -0.2) is 0 Å². The molecule has 6 heteroatoms. The number of hydrogen-bond acceptors (Lipinski definition) is 4. The number of aromatic nitrogens is 2. The Labute approximate surface area is 127 Å². The molecular formula is C14H15ClN4S. The molecule has 1 aromatic carbocycles. The topological polar surface area (TPSA) is 75.7 Å². The number of nitrogen functional groups attached to an aromatic ring is 1. The molecule has 0 aliphatic heterocycles. The van der Waals surface area contributed by atoms with Crippen LogP contribution in [-0.2, 0) is 5.75 Å². The molecule has 0 amide bonds. The van der Waals surface area contributed by atoms with Gasteiger partial charge in [0.25, 0.3) is 0 Å². The normalized spacial score (nSPS) is 10.6. The molecule has 0 aliphatic carbocycles. The molecule has 4 nitrogen and oxygen atoms in total. The minimum absolute atomic E-state index is 0.0270. The molecule has 1 heterocycles. The van der Waals surface area contributed by atoms with E-state index in [2.05, 4.69) is 10.2 Å². The van der Waals surface area contributed by atoms with E-state index >= 15 is 0 Å². The van der Waals surface area contributed by atoms with Gasteiger partial charge in [-0.1, -0.05) is 35.5 Å². The van der Waals surface area contributed by atoms with Gasteiger partial charge in [0.2, 0.25) is 0 Å². The summed E-state index contributed by atoms with van der Waals surface area (Å²) < 4.78 is 0. The SMILES string of the molecule is Cc1nnc(SCc2ccc(Cl)cc2)c(C(=N)N)c1C. The smallest absolute Gasteiger partial charge is 0.130 e. The molecule has 0 saturated carbocycles. The molecule has 20 heavy (non-hydrogen) atoms. The van der Waals surface area contributed by atoms with E-state index in [1.165, 1.54) is 11.8 Å². The van der Waals surface area contributed by atoms with Crippen molar-refractivity contribution in [2.75, 3.05) is 0 Å². The van der Waals surface area contributed by atoms with E-state index in [1.807, 2.05) is 38.1 Å². The van der Waals surface area contributed by atoms with Gasteiger partial charge in [-0.3, -0.25) is 5.41 Å². The Kier molecular flexibility index (Phi) is 4.62. The highest BCUT2D eigenvalue weighted by Gasteiger charge is 2.14. The van der Waals surface area contributed by atoms with Crippen molar-refractivity contribution in [2.45, 2.75) is 24.6 Å². The third kappa shape index (κ3) is 3.29. The molecule has 0 aliphatic rings. The first-order chi connectivity index (χ1) is 9.49. The van der Waals surface area contributed by atoms with Crippen molar-refractivity contribution in [3.63, 3.8) is 0 Å². The second-order valence-electron chi connectivity index (χ2n) is 4.42. The number of hydrogen-bond donors (Lipinski definition) is 2. The predicted octanol–water partition coefficient (Wildman–Crippen LogP) is 3.32. The summed E-state index contributed by atoms with van der Waals surface area (Å²) in [5.74, 6) is 0.758. The van der Waals surface area contributed by atoms with E-state index < -0.39 is 0 Å². The molecule has 0 unspecified atom stereocenters. The molecular weight excluding hydrogens is 292 g/mol. The zero-order valence-electron chi connectivity index (χ0n) is 11.3. The number of amidine groups is 1. The van der Waals surface area contributed by atoms with Crippen LogP contribution in [0, 0.1) is 19.3 Å².